The maximum Gasteiger partial charge on any atom is 0.264 e. The van der Waals surface area contributed by atoms with E-state index in [9.17, 15) is 17.6 Å². The predicted molar refractivity (Wildman–Crippen MR) is 135 cm³/mol. The number of methoxy groups -OCH3 is 2. The van der Waals surface area contributed by atoms with Gasteiger partial charge in [-0.05, 0) is 73.3 Å². The van der Waals surface area contributed by atoms with Crippen LogP contribution in [0.4, 0.5) is 10.1 Å². The molecule has 1 unspecified atom stereocenters. The van der Waals surface area contributed by atoms with Gasteiger partial charge in [0.2, 0.25) is 5.91 Å². The van der Waals surface area contributed by atoms with Gasteiger partial charge in [0.05, 0.1) is 30.8 Å². The molecule has 0 saturated heterocycles. The number of nitrogens with zero attached hydrogens (tertiary/aromatic N) is 1. The molecule has 0 radical (unpaired) electrons. The van der Waals surface area contributed by atoms with E-state index in [4.69, 9.17) is 9.47 Å². The zero-order valence-electron chi connectivity index (χ0n) is 19.8. The summed E-state index contributed by atoms with van der Waals surface area (Å²) in [6, 6.07) is 16.2. The number of benzene rings is 3. The van der Waals surface area contributed by atoms with Crippen molar-refractivity contribution in [2.24, 2.45) is 0 Å². The largest absolute Gasteiger partial charge is 0.493 e. The first-order valence-electron chi connectivity index (χ1n) is 10.6. The van der Waals surface area contributed by atoms with Crippen LogP contribution < -0.4 is 19.1 Å². The first-order chi connectivity index (χ1) is 16.7. The Morgan fingerprint density at radius 3 is 2.31 bits per heavy atom. The minimum atomic E-state index is -4.15. The summed E-state index contributed by atoms with van der Waals surface area (Å²) >= 11 is 1.48. The van der Waals surface area contributed by atoms with Crippen LogP contribution in [0, 0.1) is 5.82 Å². The number of amides is 1. The molecule has 0 spiro atoms. The molecule has 1 amide bonds. The average molecular weight is 519 g/mol. The molecule has 0 saturated carbocycles. The molecule has 0 aromatic heterocycles. The van der Waals surface area contributed by atoms with Gasteiger partial charge < -0.3 is 14.8 Å². The predicted octanol–water partition coefficient (Wildman–Crippen LogP) is 4.64. The lowest BCUT2D eigenvalue weighted by Crippen LogP contribution is -2.41. The number of hydrogen-bond acceptors (Lipinski definition) is 6. The third-order valence-corrected chi connectivity index (χ3v) is 7.85. The van der Waals surface area contributed by atoms with Crippen molar-refractivity contribution < 1.29 is 27.1 Å². The molecule has 0 aliphatic carbocycles. The average Bonchev–Trinajstić information content (AvgIpc) is 2.86. The topological polar surface area (TPSA) is 84.9 Å². The van der Waals surface area contributed by atoms with Crippen LogP contribution in [0.15, 0.2) is 76.5 Å². The fraction of sp³-hybridized carbons (Fsp3) is 0.240. The summed E-state index contributed by atoms with van der Waals surface area (Å²) < 4.78 is 52.4. The maximum absolute atomic E-state index is 14.0. The molecule has 35 heavy (non-hydrogen) atoms. The Bertz CT molecular complexity index is 1280. The summed E-state index contributed by atoms with van der Waals surface area (Å²) in [5.41, 5.74) is 0.789. The van der Waals surface area contributed by atoms with Gasteiger partial charge in [-0.2, -0.15) is 0 Å². The molecule has 186 valence electrons. The number of anilines is 1. The Kier molecular flexibility index (Phi) is 8.63. The third kappa shape index (κ3) is 6.26. The van der Waals surface area contributed by atoms with Crippen molar-refractivity contribution in [1.82, 2.24) is 5.32 Å². The van der Waals surface area contributed by atoms with Gasteiger partial charge in [-0.15, -0.1) is 11.8 Å². The van der Waals surface area contributed by atoms with Gasteiger partial charge in [-0.3, -0.25) is 9.10 Å². The molecular weight excluding hydrogens is 491 g/mol. The highest BCUT2D eigenvalue weighted by molar-refractivity contribution is 7.98. The molecule has 3 rings (SSSR count). The smallest absolute Gasteiger partial charge is 0.264 e. The van der Waals surface area contributed by atoms with Crippen molar-refractivity contribution in [3.8, 4) is 11.5 Å². The molecule has 1 N–H and O–H groups in total. The van der Waals surface area contributed by atoms with Gasteiger partial charge in [0.25, 0.3) is 10.0 Å². The van der Waals surface area contributed by atoms with Gasteiger partial charge in [0, 0.05) is 4.90 Å². The molecular formula is C25H27FN2O5S2. The SMILES string of the molecule is COc1ccc(C(C)NC(=O)CN(c2cccc(F)c2)S(=O)(=O)c2ccc(SC)cc2)cc1OC. The Morgan fingerprint density at radius 2 is 1.71 bits per heavy atom. The number of hydrogen-bond donors (Lipinski definition) is 1. The normalized spacial score (nSPS) is 12.0. The highest BCUT2D eigenvalue weighted by Crippen LogP contribution is 2.30. The summed E-state index contributed by atoms with van der Waals surface area (Å²) in [5, 5.41) is 2.80. The number of carbonyl (C=O) groups is 1. The quantitative estimate of drug-likeness (QED) is 0.394. The van der Waals surface area contributed by atoms with Crippen LogP contribution in [0.3, 0.4) is 0 Å². The minimum Gasteiger partial charge on any atom is -0.493 e. The first-order valence-corrected chi connectivity index (χ1v) is 13.3. The van der Waals surface area contributed by atoms with Crippen LogP contribution in [-0.4, -0.2) is 41.3 Å². The van der Waals surface area contributed by atoms with Crippen LogP contribution in [0.2, 0.25) is 0 Å². The third-order valence-electron chi connectivity index (χ3n) is 5.32. The number of thioether (sulfide) groups is 1. The molecule has 0 fully saturated rings. The number of nitrogens with one attached hydrogen (secondary N) is 1. The highest BCUT2D eigenvalue weighted by Gasteiger charge is 2.28. The summed E-state index contributed by atoms with van der Waals surface area (Å²) in [6.45, 7) is 1.23. The van der Waals surface area contributed by atoms with E-state index in [0.29, 0.717) is 11.5 Å². The molecule has 0 heterocycles. The van der Waals surface area contributed by atoms with Crippen LogP contribution in [0.25, 0.3) is 0 Å². The Balaban J connectivity index is 1.88. The van der Waals surface area contributed by atoms with E-state index in [2.05, 4.69) is 5.32 Å². The van der Waals surface area contributed by atoms with Crippen molar-refractivity contribution in [2.75, 3.05) is 31.3 Å². The monoisotopic (exact) mass is 518 g/mol. The van der Waals surface area contributed by atoms with Gasteiger partial charge in [0.1, 0.15) is 12.4 Å². The van der Waals surface area contributed by atoms with E-state index < -0.39 is 34.3 Å². The lowest BCUT2D eigenvalue weighted by Gasteiger charge is -2.25. The van der Waals surface area contributed by atoms with Crippen LogP contribution in [0.1, 0.15) is 18.5 Å². The number of sulfonamides is 1. The second-order valence-electron chi connectivity index (χ2n) is 7.57. The first kappa shape index (κ1) is 26.4. The Hall–Kier alpha value is -3.24. The maximum atomic E-state index is 14.0. The number of halogens is 1. The molecule has 7 nitrogen and oxygen atoms in total. The number of rotatable bonds is 10. The van der Waals surface area contributed by atoms with E-state index in [1.807, 2.05) is 6.26 Å². The minimum absolute atomic E-state index is 0.000278. The van der Waals surface area contributed by atoms with E-state index >= 15 is 0 Å². The van der Waals surface area contributed by atoms with Gasteiger partial charge in [0.15, 0.2) is 11.5 Å². The molecule has 3 aromatic carbocycles. The zero-order chi connectivity index (χ0) is 25.6. The summed E-state index contributed by atoms with van der Waals surface area (Å²) in [7, 11) is -1.11. The fourth-order valence-electron chi connectivity index (χ4n) is 3.44. The van der Waals surface area contributed by atoms with Crippen molar-refractivity contribution in [2.45, 2.75) is 22.8 Å². The van der Waals surface area contributed by atoms with Crippen LogP contribution >= 0.6 is 11.8 Å². The van der Waals surface area contributed by atoms with E-state index in [1.165, 1.54) is 56.3 Å². The Labute approximate surface area is 209 Å². The second kappa shape index (κ2) is 11.5. The number of ether oxygens (including phenoxy) is 2. The molecule has 0 bridgehead atoms. The molecule has 0 aliphatic rings. The van der Waals surface area contributed by atoms with Crippen molar-refractivity contribution in [1.29, 1.82) is 0 Å². The molecule has 0 aliphatic heterocycles. The van der Waals surface area contributed by atoms with E-state index in [-0.39, 0.29) is 10.6 Å². The van der Waals surface area contributed by atoms with Crippen molar-refractivity contribution in [3.05, 3.63) is 78.1 Å². The summed E-state index contributed by atoms with van der Waals surface area (Å²) in [6.07, 6.45) is 1.88. The lowest BCUT2D eigenvalue weighted by molar-refractivity contribution is -0.120. The molecule has 10 heteroatoms. The van der Waals surface area contributed by atoms with Crippen LogP contribution in [0.5, 0.6) is 11.5 Å². The summed E-state index contributed by atoms with van der Waals surface area (Å²) in [5.74, 6) is -0.116. The number of carbonyl (C=O) groups excluding carboxylic acids is 1. The van der Waals surface area contributed by atoms with Crippen LogP contribution in [-0.2, 0) is 14.8 Å². The zero-order valence-corrected chi connectivity index (χ0v) is 21.5. The van der Waals surface area contributed by atoms with E-state index in [0.717, 1.165) is 20.8 Å². The van der Waals surface area contributed by atoms with Crippen molar-refractivity contribution >= 4 is 33.4 Å². The Morgan fingerprint density at radius 1 is 1.03 bits per heavy atom. The fourth-order valence-corrected chi connectivity index (χ4v) is 5.27. The lowest BCUT2D eigenvalue weighted by atomic mass is 10.1. The highest BCUT2D eigenvalue weighted by atomic mass is 32.2. The van der Waals surface area contributed by atoms with Crippen molar-refractivity contribution in [3.63, 3.8) is 0 Å². The standard InChI is InChI=1S/C25H27FN2O5S2/c1-17(18-8-13-23(32-2)24(14-18)33-3)27-25(29)16-28(20-7-5-6-19(26)15-20)35(30,31)22-11-9-21(34-4)10-12-22/h5-15,17H,16H2,1-4H3,(H,27,29). The van der Waals surface area contributed by atoms with Gasteiger partial charge in [-0.25, -0.2) is 12.8 Å². The molecule has 1 atom stereocenters. The van der Waals surface area contributed by atoms with Gasteiger partial charge in [-0.1, -0.05) is 12.1 Å². The van der Waals surface area contributed by atoms with E-state index in [1.54, 1.807) is 37.3 Å². The summed E-state index contributed by atoms with van der Waals surface area (Å²) in [4.78, 5) is 13.9. The second-order valence-corrected chi connectivity index (χ2v) is 10.3. The molecule has 3 aromatic rings. The van der Waals surface area contributed by atoms with Gasteiger partial charge >= 0.3 is 0 Å².